The first kappa shape index (κ1) is 19.1. The third-order valence-electron chi connectivity index (χ3n) is 5.35. The number of nitrogens with zero attached hydrogens (tertiary/aromatic N) is 3. The minimum atomic E-state index is -0.550. The van der Waals surface area contributed by atoms with Crippen LogP contribution in [-0.2, 0) is 0 Å². The maximum atomic E-state index is 14.6. The quantitative estimate of drug-likeness (QED) is 0.513. The summed E-state index contributed by atoms with van der Waals surface area (Å²) in [6, 6.07) is 7.01. The van der Waals surface area contributed by atoms with E-state index < -0.39 is 11.9 Å². The van der Waals surface area contributed by atoms with Crippen molar-refractivity contribution in [1.82, 2.24) is 15.0 Å². The summed E-state index contributed by atoms with van der Waals surface area (Å²) in [6.07, 6.45) is 2.96. The summed E-state index contributed by atoms with van der Waals surface area (Å²) < 4.78 is 26.4. The molecular formula is C22H20FN3O3S. The van der Waals surface area contributed by atoms with E-state index in [9.17, 15) is 9.50 Å². The molecule has 5 rings (SSSR count). The van der Waals surface area contributed by atoms with Gasteiger partial charge in [0.1, 0.15) is 11.1 Å². The van der Waals surface area contributed by atoms with E-state index >= 15 is 0 Å². The smallest absolute Gasteiger partial charge is 0.232 e. The SMILES string of the molecule is COc1cnc2c(-c3nc4cc(F)c(OC5CCC[C@H]5O)cc4s3)cc(C)cc2n1. The molecule has 1 saturated carbocycles. The Morgan fingerprint density at radius 1 is 1.13 bits per heavy atom. The highest BCUT2D eigenvalue weighted by Gasteiger charge is 2.28. The van der Waals surface area contributed by atoms with Crippen LogP contribution in [0.2, 0.25) is 0 Å². The monoisotopic (exact) mass is 425 g/mol. The standard InChI is InChI=1S/C22H20FN3O3S/c1-11-6-12(21-15(7-11)25-20(28-2)10-24-21)22-26-14-8-13(23)18(9-19(14)30-22)29-17-5-3-4-16(17)27/h6-10,16-17,27H,3-5H2,1-2H3/t16-,17?/m1/s1. The number of benzene rings is 2. The third-order valence-corrected chi connectivity index (χ3v) is 6.40. The molecule has 4 aromatic rings. The number of hydrogen-bond donors (Lipinski definition) is 1. The van der Waals surface area contributed by atoms with Gasteiger partial charge in [0, 0.05) is 17.7 Å². The van der Waals surface area contributed by atoms with E-state index in [2.05, 4.69) is 15.0 Å². The molecule has 1 aliphatic carbocycles. The number of aliphatic hydroxyl groups excluding tert-OH is 1. The zero-order valence-electron chi connectivity index (χ0n) is 16.6. The number of methoxy groups -OCH3 is 1. The summed E-state index contributed by atoms with van der Waals surface area (Å²) in [6.45, 7) is 1.98. The van der Waals surface area contributed by atoms with Gasteiger partial charge in [-0.15, -0.1) is 11.3 Å². The van der Waals surface area contributed by atoms with Crippen molar-refractivity contribution in [3.63, 3.8) is 0 Å². The lowest BCUT2D eigenvalue weighted by atomic mass is 10.1. The second-order valence-electron chi connectivity index (χ2n) is 7.52. The van der Waals surface area contributed by atoms with Crippen molar-refractivity contribution in [2.75, 3.05) is 7.11 Å². The van der Waals surface area contributed by atoms with Crippen molar-refractivity contribution >= 4 is 32.6 Å². The Kier molecular flexibility index (Phi) is 4.75. The Morgan fingerprint density at radius 3 is 2.77 bits per heavy atom. The molecule has 1 N–H and O–H groups in total. The summed E-state index contributed by atoms with van der Waals surface area (Å²) in [5.41, 5.74) is 3.85. The lowest BCUT2D eigenvalue weighted by Gasteiger charge is -2.17. The molecule has 0 bridgehead atoms. The van der Waals surface area contributed by atoms with E-state index in [-0.39, 0.29) is 11.9 Å². The molecule has 0 saturated heterocycles. The van der Waals surface area contributed by atoms with Crippen LogP contribution in [-0.4, -0.2) is 39.4 Å². The van der Waals surface area contributed by atoms with Gasteiger partial charge in [-0.3, -0.25) is 0 Å². The molecular weight excluding hydrogens is 405 g/mol. The Morgan fingerprint density at radius 2 is 2.00 bits per heavy atom. The highest BCUT2D eigenvalue weighted by atomic mass is 32.1. The van der Waals surface area contributed by atoms with Crippen molar-refractivity contribution in [3.05, 3.63) is 41.8 Å². The highest BCUT2D eigenvalue weighted by Crippen LogP contribution is 2.37. The van der Waals surface area contributed by atoms with Gasteiger partial charge >= 0.3 is 0 Å². The summed E-state index contributed by atoms with van der Waals surface area (Å²) in [4.78, 5) is 13.6. The molecule has 1 fully saturated rings. The van der Waals surface area contributed by atoms with Crippen molar-refractivity contribution < 1.29 is 19.0 Å². The van der Waals surface area contributed by atoms with Crippen LogP contribution < -0.4 is 9.47 Å². The molecule has 1 aliphatic rings. The Balaban J connectivity index is 1.58. The van der Waals surface area contributed by atoms with Gasteiger partial charge in [0.25, 0.3) is 0 Å². The van der Waals surface area contributed by atoms with Gasteiger partial charge < -0.3 is 14.6 Å². The number of thiazole rings is 1. The lowest BCUT2D eigenvalue weighted by molar-refractivity contribution is 0.0580. The average molecular weight is 425 g/mol. The fourth-order valence-corrected chi connectivity index (χ4v) is 4.84. The van der Waals surface area contributed by atoms with Gasteiger partial charge in [0.15, 0.2) is 11.6 Å². The summed E-state index contributed by atoms with van der Waals surface area (Å²) in [7, 11) is 1.55. The van der Waals surface area contributed by atoms with Gasteiger partial charge in [-0.05, 0) is 43.9 Å². The highest BCUT2D eigenvalue weighted by molar-refractivity contribution is 7.21. The topological polar surface area (TPSA) is 77.4 Å². The van der Waals surface area contributed by atoms with Crippen LogP contribution in [0.25, 0.3) is 31.8 Å². The minimum Gasteiger partial charge on any atom is -0.485 e. The van der Waals surface area contributed by atoms with Gasteiger partial charge in [-0.25, -0.2) is 19.3 Å². The maximum absolute atomic E-state index is 14.6. The largest absolute Gasteiger partial charge is 0.485 e. The zero-order valence-corrected chi connectivity index (χ0v) is 17.4. The zero-order chi connectivity index (χ0) is 20.8. The Hall–Kier alpha value is -2.84. The normalized spacial score (nSPS) is 18.9. The van der Waals surface area contributed by atoms with Gasteiger partial charge in [-0.1, -0.05) is 0 Å². The van der Waals surface area contributed by atoms with Crippen molar-refractivity contribution in [2.24, 2.45) is 0 Å². The molecule has 8 heteroatoms. The number of ether oxygens (including phenoxy) is 2. The fraction of sp³-hybridized carbons (Fsp3) is 0.318. The first-order chi connectivity index (χ1) is 14.5. The van der Waals surface area contributed by atoms with Gasteiger partial charge in [0.2, 0.25) is 5.88 Å². The van der Waals surface area contributed by atoms with Crippen LogP contribution >= 0.6 is 11.3 Å². The molecule has 1 unspecified atom stereocenters. The van der Waals surface area contributed by atoms with Gasteiger partial charge in [-0.2, -0.15) is 0 Å². The third kappa shape index (κ3) is 3.36. The number of aryl methyl sites for hydroxylation is 1. The van der Waals surface area contributed by atoms with Crippen LogP contribution in [0.5, 0.6) is 11.6 Å². The van der Waals surface area contributed by atoms with Gasteiger partial charge in [0.05, 0.1) is 40.7 Å². The van der Waals surface area contributed by atoms with Crippen molar-refractivity contribution in [1.29, 1.82) is 0 Å². The van der Waals surface area contributed by atoms with Crippen LogP contribution in [0, 0.1) is 12.7 Å². The first-order valence-electron chi connectivity index (χ1n) is 9.78. The second-order valence-corrected chi connectivity index (χ2v) is 8.55. The maximum Gasteiger partial charge on any atom is 0.232 e. The predicted molar refractivity (Wildman–Crippen MR) is 114 cm³/mol. The van der Waals surface area contributed by atoms with Crippen molar-refractivity contribution in [3.8, 4) is 22.2 Å². The van der Waals surface area contributed by atoms with E-state index in [0.717, 1.165) is 33.7 Å². The molecule has 6 nitrogen and oxygen atoms in total. The lowest BCUT2D eigenvalue weighted by Crippen LogP contribution is -2.25. The molecule has 2 heterocycles. The number of fused-ring (bicyclic) bond motifs is 2. The van der Waals surface area contributed by atoms with E-state index in [0.29, 0.717) is 28.9 Å². The van der Waals surface area contributed by atoms with E-state index in [1.54, 1.807) is 19.4 Å². The van der Waals surface area contributed by atoms with Crippen molar-refractivity contribution in [2.45, 2.75) is 38.4 Å². The minimum absolute atomic E-state index is 0.155. The Bertz CT molecular complexity index is 1260. The molecule has 2 aromatic carbocycles. The molecule has 154 valence electrons. The summed E-state index contributed by atoms with van der Waals surface area (Å²) >= 11 is 1.45. The molecule has 2 atom stereocenters. The van der Waals surface area contributed by atoms with Crippen LogP contribution in [0.1, 0.15) is 24.8 Å². The number of halogens is 1. The molecule has 2 aromatic heterocycles. The first-order valence-corrected chi connectivity index (χ1v) is 10.6. The van der Waals surface area contributed by atoms with E-state index in [4.69, 9.17) is 9.47 Å². The number of aliphatic hydroxyl groups is 1. The number of rotatable bonds is 4. The molecule has 30 heavy (non-hydrogen) atoms. The van der Waals surface area contributed by atoms with E-state index in [1.807, 2.05) is 19.1 Å². The van der Waals surface area contributed by atoms with Crippen LogP contribution in [0.3, 0.4) is 0 Å². The van der Waals surface area contributed by atoms with Crippen LogP contribution in [0.4, 0.5) is 4.39 Å². The molecule has 0 radical (unpaired) electrons. The fourth-order valence-electron chi connectivity index (χ4n) is 3.85. The molecule has 0 spiro atoms. The predicted octanol–water partition coefficient (Wildman–Crippen LogP) is 4.65. The summed E-state index contributed by atoms with van der Waals surface area (Å²) in [5, 5.41) is 10.7. The Labute approximate surface area is 176 Å². The molecule has 0 aliphatic heterocycles. The van der Waals surface area contributed by atoms with Crippen LogP contribution in [0.15, 0.2) is 30.5 Å². The molecule has 0 amide bonds. The second kappa shape index (κ2) is 7.45. The van der Waals surface area contributed by atoms with E-state index in [1.165, 1.54) is 17.4 Å². The number of hydrogen-bond acceptors (Lipinski definition) is 7. The average Bonchev–Trinajstić information content (AvgIpc) is 3.32. The number of aromatic nitrogens is 3. The summed E-state index contributed by atoms with van der Waals surface area (Å²) in [5.74, 6) is 0.126.